The molecule has 3 heteroatoms. The number of carbonyl (C=O) groups is 1. The summed E-state index contributed by atoms with van der Waals surface area (Å²) in [6, 6.07) is 0.538. The summed E-state index contributed by atoms with van der Waals surface area (Å²) in [6.45, 7) is 1.01. The molecule has 0 radical (unpaired) electrons. The molecule has 1 saturated heterocycles. The number of likely N-dealkylation sites (tertiary alicyclic amines) is 1. The highest BCUT2D eigenvalue weighted by Crippen LogP contribution is 2.29. The average Bonchev–Trinajstić information content (AvgIpc) is 2.92. The Morgan fingerprint density at radius 3 is 2.58 bits per heavy atom. The van der Waals surface area contributed by atoms with Crippen molar-refractivity contribution in [2.75, 3.05) is 11.9 Å². The van der Waals surface area contributed by atoms with Crippen LogP contribution < -0.4 is 0 Å². The number of amides is 1. The third-order valence-corrected chi connectivity index (χ3v) is 5.42. The zero-order valence-electron chi connectivity index (χ0n) is 12.1. The Kier molecular flexibility index (Phi) is 6.69. The summed E-state index contributed by atoms with van der Waals surface area (Å²) in [5.41, 5.74) is 0. The summed E-state index contributed by atoms with van der Waals surface area (Å²) in [6.07, 6.45) is 13.6. The van der Waals surface area contributed by atoms with Gasteiger partial charge in [-0.2, -0.15) is 0 Å². The van der Waals surface area contributed by atoms with E-state index in [1.54, 1.807) is 0 Å². The predicted molar refractivity (Wildman–Crippen MR) is 83.6 cm³/mol. The molecule has 0 bridgehead atoms. The second-order valence-corrected chi connectivity index (χ2v) is 7.05. The first-order valence-electron chi connectivity index (χ1n) is 8.16. The number of hydrogen-bond acceptors (Lipinski definition) is 1. The molecule has 0 N–H and O–H groups in total. The lowest BCUT2D eigenvalue weighted by molar-refractivity contribution is -0.132. The monoisotopic (exact) mass is 329 g/mol. The summed E-state index contributed by atoms with van der Waals surface area (Å²) < 4.78 is 0. The third-order valence-electron chi connectivity index (χ3n) is 4.86. The molecule has 2 rings (SSSR count). The van der Waals surface area contributed by atoms with E-state index in [2.05, 4.69) is 20.8 Å². The molecular formula is C16H28BrNO. The first kappa shape index (κ1) is 15.3. The largest absolute Gasteiger partial charge is 0.340 e. The average molecular weight is 330 g/mol. The maximum absolute atomic E-state index is 12.4. The van der Waals surface area contributed by atoms with Gasteiger partial charge >= 0.3 is 0 Å². The van der Waals surface area contributed by atoms with Gasteiger partial charge in [0.15, 0.2) is 0 Å². The first-order chi connectivity index (χ1) is 9.31. The van der Waals surface area contributed by atoms with Gasteiger partial charge in [0.05, 0.1) is 0 Å². The summed E-state index contributed by atoms with van der Waals surface area (Å²) in [5, 5.41) is 1.06. The lowest BCUT2D eigenvalue weighted by atomic mass is 9.86. The summed E-state index contributed by atoms with van der Waals surface area (Å²) >= 11 is 3.49. The molecule has 2 aliphatic rings. The minimum Gasteiger partial charge on any atom is -0.340 e. The van der Waals surface area contributed by atoms with Crippen LogP contribution in [0.25, 0.3) is 0 Å². The molecule has 1 unspecified atom stereocenters. The minimum atomic E-state index is 0.433. The fraction of sp³-hybridized carbons (Fsp3) is 0.938. The number of rotatable bonds is 6. The summed E-state index contributed by atoms with van der Waals surface area (Å²) in [4.78, 5) is 14.6. The van der Waals surface area contributed by atoms with Crippen molar-refractivity contribution >= 4 is 21.8 Å². The Morgan fingerprint density at radius 1 is 1.05 bits per heavy atom. The van der Waals surface area contributed by atoms with Crippen molar-refractivity contribution in [3.63, 3.8) is 0 Å². The zero-order chi connectivity index (χ0) is 13.5. The number of hydrogen-bond donors (Lipinski definition) is 0. The van der Waals surface area contributed by atoms with Gasteiger partial charge in [-0.05, 0) is 38.0 Å². The molecule has 19 heavy (non-hydrogen) atoms. The number of carbonyl (C=O) groups excluding carboxylic acids is 1. The number of nitrogens with zero attached hydrogens (tertiary/aromatic N) is 1. The van der Waals surface area contributed by atoms with Gasteiger partial charge in [-0.1, -0.05) is 48.0 Å². The van der Waals surface area contributed by atoms with Gasteiger partial charge in [0, 0.05) is 24.3 Å². The molecule has 2 nitrogen and oxygen atoms in total. The van der Waals surface area contributed by atoms with Crippen LogP contribution in [0.1, 0.15) is 70.6 Å². The van der Waals surface area contributed by atoms with Crippen LogP contribution in [0.3, 0.4) is 0 Å². The van der Waals surface area contributed by atoms with Gasteiger partial charge < -0.3 is 4.90 Å². The van der Waals surface area contributed by atoms with E-state index in [0.29, 0.717) is 11.9 Å². The van der Waals surface area contributed by atoms with Crippen LogP contribution in [0.2, 0.25) is 0 Å². The fourth-order valence-corrected chi connectivity index (χ4v) is 4.05. The quantitative estimate of drug-likeness (QED) is 0.656. The molecule has 110 valence electrons. The van der Waals surface area contributed by atoms with Crippen molar-refractivity contribution in [2.45, 2.75) is 76.7 Å². The molecule has 2 fully saturated rings. The Balaban J connectivity index is 1.71. The molecule has 0 aromatic rings. The van der Waals surface area contributed by atoms with Crippen LogP contribution in [0.5, 0.6) is 0 Å². The van der Waals surface area contributed by atoms with Crippen molar-refractivity contribution in [1.82, 2.24) is 4.90 Å². The van der Waals surface area contributed by atoms with Crippen molar-refractivity contribution in [3.8, 4) is 0 Å². The van der Waals surface area contributed by atoms with E-state index in [1.807, 2.05) is 0 Å². The van der Waals surface area contributed by atoms with Crippen molar-refractivity contribution < 1.29 is 4.79 Å². The van der Waals surface area contributed by atoms with E-state index in [-0.39, 0.29) is 0 Å². The third kappa shape index (κ3) is 4.77. The van der Waals surface area contributed by atoms with Gasteiger partial charge in [0.25, 0.3) is 0 Å². The molecule has 1 saturated carbocycles. The van der Waals surface area contributed by atoms with Crippen LogP contribution in [-0.4, -0.2) is 28.7 Å². The predicted octanol–water partition coefficient (Wildman–Crippen LogP) is 4.51. The van der Waals surface area contributed by atoms with E-state index < -0.39 is 0 Å². The molecule has 1 aliphatic carbocycles. The number of alkyl halides is 1. The molecule has 0 aromatic heterocycles. The molecule has 1 amide bonds. The maximum Gasteiger partial charge on any atom is 0.222 e. The first-order valence-corrected chi connectivity index (χ1v) is 9.29. The van der Waals surface area contributed by atoms with E-state index in [1.165, 1.54) is 57.8 Å². The van der Waals surface area contributed by atoms with Gasteiger partial charge in [-0.25, -0.2) is 0 Å². The molecule has 1 aliphatic heterocycles. The van der Waals surface area contributed by atoms with Crippen LogP contribution in [0.15, 0.2) is 0 Å². The second kappa shape index (κ2) is 8.28. The van der Waals surface area contributed by atoms with Crippen LogP contribution in [-0.2, 0) is 4.79 Å². The van der Waals surface area contributed by atoms with Crippen LogP contribution in [0, 0.1) is 5.92 Å². The molecule has 0 aromatic carbocycles. The van der Waals surface area contributed by atoms with E-state index in [9.17, 15) is 4.79 Å². The topological polar surface area (TPSA) is 20.3 Å². The standard InChI is InChI=1S/C16H28BrNO/c17-12-4-8-15-9-5-13-18(15)16(19)11-10-14-6-2-1-3-7-14/h14-15H,1-13H2. The Morgan fingerprint density at radius 2 is 1.84 bits per heavy atom. The van der Waals surface area contributed by atoms with Crippen molar-refractivity contribution in [2.24, 2.45) is 5.92 Å². The zero-order valence-corrected chi connectivity index (χ0v) is 13.7. The van der Waals surface area contributed by atoms with E-state index in [4.69, 9.17) is 0 Å². The van der Waals surface area contributed by atoms with Crippen LogP contribution in [0.4, 0.5) is 0 Å². The highest BCUT2D eigenvalue weighted by atomic mass is 79.9. The highest BCUT2D eigenvalue weighted by molar-refractivity contribution is 9.09. The normalized spacial score (nSPS) is 24.9. The van der Waals surface area contributed by atoms with Crippen molar-refractivity contribution in [3.05, 3.63) is 0 Å². The molecule has 1 atom stereocenters. The van der Waals surface area contributed by atoms with Crippen molar-refractivity contribution in [1.29, 1.82) is 0 Å². The Bertz CT molecular complexity index is 276. The summed E-state index contributed by atoms with van der Waals surface area (Å²) in [5.74, 6) is 1.27. The number of halogens is 1. The lowest BCUT2D eigenvalue weighted by Gasteiger charge is -2.26. The highest BCUT2D eigenvalue weighted by Gasteiger charge is 2.28. The van der Waals surface area contributed by atoms with E-state index in [0.717, 1.165) is 30.6 Å². The maximum atomic E-state index is 12.4. The smallest absolute Gasteiger partial charge is 0.222 e. The second-order valence-electron chi connectivity index (χ2n) is 6.26. The van der Waals surface area contributed by atoms with Gasteiger partial charge in [0.1, 0.15) is 0 Å². The minimum absolute atomic E-state index is 0.433. The Labute approximate surface area is 126 Å². The fourth-order valence-electron chi connectivity index (χ4n) is 3.72. The van der Waals surface area contributed by atoms with Gasteiger partial charge in [-0.3, -0.25) is 4.79 Å². The molecule has 0 spiro atoms. The summed E-state index contributed by atoms with van der Waals surface area (Å²) in [7, 11) is 0. The van der Waals surface area contributed by atoms with Gasteiger partial charge in [-0.15, -0.1) is 0 Å². The lowest BCUT2D eigenvalue weighted by Crippen LogP contribution is -2.35. The molecule has 1 heterocycles. The molecular weight excluding hydrogens is 302 g/mol. The van der Waals surface area contributed by atoms with Crippen LogP contribution >= 0.6 is 15.9 Å². The van der Waals surface area contributed by atoms with Gasteiger partial charge in [0.2, 0.25) is 5.91 Å². The van der Waals surface area contributed by atoms with E-state index >= 15 is 0 Å². The Hall–Kier alpha value is -0.0500. The SMILES string of the molecule is O=C(CCC1CCCCC1)N1CCCC1CCCBr.